The van der Waals surface area contributed by atoms with E-state index in [1.54, 1.807) is 30.3 Å². The number of carboxylic acids is 1. The first-order valence-electron chi connectivity index (χ1n) is 8.91. The van der Waals surface area contributed by atoms with Crippen LogP contribution in [-0.2, 0) is 4.79 Å². The molecule has 2 aromatic carbocycles. The highest BCUT2D eigenvalue weighted by atomic mass is 16.4. The molecule has 144 valence electrons. The average Bonchev–Trinajstić information content (AvgIpc) is 2.65. The van der Waals surface area contributed by atoms with Crippen LogP contribution in [0.5, 0.6) is 0 Å². The lowest BCUT2D eigenvalue weighted by Gasteiger charge is -2.21. The van der Waals surface area contributed by atoms with Crippen LogP contribution in [0.4, 0.5) is 10.5 Å². The van der Waals surface area contributed by atoms with Gasteiger partial charge in [0.2, 0.25) is 0 Å². The average molecular weight is 380 g/mol. The lowest BCUT2D eigenvalue weighted by atomic mass is 9.83. The first kappa shape index (κ1) is 19.3. The molecule has 1 aliphatic rings. The summed E-state index contributed by atoms with van der Waals surface area (Å²) in [6.45, 7) is 3.70. The molecule has 1 unspecified atom stereocenters. The fourth-order valence-corrected chi connectivity index (χ4v) is 3.26. The zero-order chi connectivity index (χ0) is 20.4. The van der Waals surface area contributed by atoms with Crippen molar-refractivity contribution in [3.63, 3.8) is 0 Å². The minimum atomic E-state index is -1.14. The normalized spacial score (nSPS) is 13.5. The van der Waals surface area contributed by atoms with Crippen molar-refractivity contribution in [1.29, 1.82) is 0 Å². The van der Waals surface area contributed by atoms with Crippen molar-refractivity contribution in [3.05, 3.63) is 64.7 Å². The van der Waals surface area contributed by atoms with Gasteiger partial charge in [0.1, 0.15) is 6.04 Å². The Kier molecular flexibility index (Phi) is 5.26. The Labute approximate surface area is 161 Å². The highest BCUT2D eigenvalue weighted by Gasteiger charge is 2.32. The van der Waals surface area contributed by atoms with E-state index in [1.807, 2.05) is 13.8 Å². The van der Waals surface area contributed by atoms with Crippen molar-refractivity contribution in [2.75, 3.05) is 5.32 Å². The van der Waals surface area contributed by atoms with Crippen LogP contribution in [-0.4, -0.2) is 34.7 Å². The third-order valence-electron chi connectivity index (χ3n) is 4.51. The fraction of sp³-hybridized carbons (Fsp3) is 0.238. The minimum absolute atomic E-state index is 0.0709. The topological polar surface area (TPSA) is 113 Å². The van der Waals surface area contributed by atoms with Crippen molar-refractivity contribution < 1.29 is 24.3 Å². The number of aliphatic carboxylic acids is 1. The maximum absolute atomic E-state index is 12.9. The number of benzene rings is 2. The van der Waals surface area contributed by atoms with E-state index in [-0.39, 0.29) is 46.3 Å². The lowest BCUT2D eigenvalue weighted by Crippen LogP contribution is -2.44. The molecule has 1 atom stereocenters. The third kappa shape index (κ3) is 3.64. The van der Waals surface area contributed by atoms with Gasteiger partial charge in [0.15, 0.2) is 11.6 Å². The van der Waals surface area contributed by atoms with Gasteiger partial charge in [-0.1, -0.05) is 50.2 Å². The Morgan fingerprint density at radius 3 is 2.14 bits per heavy atom. The smallest absolute Gasteiger partial charge is 0.326 e. The number of carboxylic acid groups (broad SMARTS) is 1. The van der Waals surface area contributed by atoms with Gasteiger partial charge in [-0.25, -0.2) is 9.59 Å². The summed E-state index contributed by atoms with van der Waals surface area (Å²) in [5, 5.41) is 14.2. The number of fused-ring (bicyclic) bond motifs is 2. The molecule has 28 heavy (non-hydrogen) atoms. The van der Waals surface area contributed by atoms with Crippen molar-refractivity contribution >= 4 is 29.3 Å². The van der Waals surface area contributed by atoms with Crippen LogP contribution >= 0.6 is 0 Å². The van der Waals surface area contributed by atoms with Crippen molar-refractivity contribution in [2.24, 2.45) is 5.92 Å². The first-order valence-corrected chi connectivity index (χ1v) is 8.91. The molecule has 2 amide bonds. The molecule has 3 N–H and O–H groups in total. The Morgan fingerprint density at radius 2 is 1.54 bits per heavy atom. The molecule has 0 saturated carbocycles. The second kappa shape index (κ2) is 7.64. The Balaban J connectivity index is 1.89. The van der Waals surface area contributed by atoms with E-state index in [2.05, 4.69) is 10.6 Å². The molecule has 0 bridgehead atoms. The number of nitrogens with one attached hydrogen (secondary N) is 2. The summed E-state index contributed by atoms with van der Waals surface area (Å²) in [5.41, 5.74) is 1.08. The quantitative estimate of drug-likeness (QED) is 0.630. The fourth-order valence-electron chi connectivity index (χ4n) is 3.26. The van der Waals surface area contributed by atoms with E-state index >= 15 is 0 Å². The number of hydrogen-bond acceptors (Lipinski definition) is 4. The minimum Gasteiger partial charge on any atom is -0.480 e. The summed E-state index contributed by atoms with van der Waals surface area (Å²) >= 11 is 0. The van der Waals surface area contributed by atoms with Crippen molar-refractivity contribution in [2.45, 2.75) is 26.3 Å². The van der Waals surface area contributed by atoms with E-state index in [9.17, 15) is 24.3 Å². The molecule has 1 aliphatic carbocycles. The van der Waals surface area contributed by atoms with Gasteiger partial charge in [0, 0.05) is 16.7 Å². The predicted molar refractivity (Wildman–Crippen MR) is 103 cm³/mol. The number of hydrogen-bond donors (Lipinski definition) is 3. The number of urea groups is 1. The van der Waals surface area contributed by atoms with E-state index in [1.165, 1.54) is 12.1 Å². The predicted octanol–water partition coefficient (Wildman–Crippen LogP) is 3.08. The SMILES string of the molecule is CC(C)CC(NC(=O)Nc1cccc2c1C(=O)c1ccccc1C2=O)C(=O)O. The molecule has 2 aromatic rings. The number of carbonyl (C=O) groups is 4. The van der Waals surface area contributed by atoms with Crippen LogP contribution in [0.3, 0.4) is 0 Å². The van der Waals surface area contributed by atoms with E-state index in [4.69, 9.17) is 0 Å². The first-order chi connectivity index (χ1) is 13.3. The van der Waals surface area contributed by atoms with Gasteiger partial charge in [-0.2, -0.15) is 0 Å². The summed E-state index contributed by atoms with van der Waals surface area (Å²) in [6, 6.07) is 9.32. The number of rotatable bonds is 5. The molecule has 0 saturated heterocycles. The van der Waals surface area contributed by atoms with Gasteiger partial charge in [-0.05, 0) is 18.4 Å². The van der Waals surface area contributed by atoms with E-state index in [0.717, 1.165) is 0 Å². The number of ketones is 2. The standard InChI is InChI=1S/C21H20N2O5/c1-11(2)10-16(20(26)27)23-21(28)22-15-9-5-8-14-17(15)19(25)13-7-4-3-6-12(13)18(14)24/h3-9,11,16H,10H2,1-2H3,(H,26,27)(H2,22,23,28). The number of amides is 2. The third-order valence-corrected chi connectivity index (χ3v) is 4.51. The molecule has 0 aliphatic heterocycles. The van der Waals surface area contributed by atoms with Gasteiger partial charge in [0.05, 0.1) is 11.3 Å². The van der Waals surface area contributed by atoms with Crippen molar-refractivity contribution in [3.8, 4) is 0 Å². The van der Waals surface area contributed by atoms with Crippen LogP contribution in [0.1, 0.15) is 52.1 Å². The van der Waals surface area contributed by atoms with E-state index in [0.29, 0.717) is 5.56 Å². The van der Waals surface area contributed by atoms with Crippen LogP contribution in [0.25, 0.3) is 0 Å². The van der Waals surface area contributed by atoms with E-state index < -0.39 is 18.0 Å². The summed E-state index contributed by atoms with van der Waals surface area (Å²) in [6.07, 6.45) is 0.264. The molecule has 3 rings (SSSR count). The molecule has 0 aromatic heterocycles. The maximum atomic E-state index is 12.9. The highest BCUT2D eigenvalue weighted by molar-refractivity contribution is 6.30. The number of carbonyl (C=O) groups excluding carboxylic acids is 3. The Hall–Kier alpha value is -3.48. The molecule has 0 fully saturated rings. The van der Waals surface area contributed by atoms with Gasteiger partial charge in [0.25, 0.3) is 0 Å². The van der Waals surface area contributed by atoms with Crippen LogP contribution in [0.15, 0.2) is 42.5 Å². The van der Waals surface area contributed by atoms with Gasteiger partial charge in [-0.3, -0.25) is 9.59 Å². The molecule has 7 nitrogen and oxygen atoms in total. The highest BCUT2D eigenvalue weighted by Crippen LogP contribution is 2.31. The maximum Gasteiger partial charge on any atom is 0.326 e. The Morgan fingerprint density at radius 1 is 0.929 bits per heavy atom. The van der Waals surface area contributed by atoms with Crippen LogP contribution < -0.4 is 10.6 Å². The van der Waals surface area contributed by atoms with Gasteiger partial charge in [-0.15, -0.1) is 0 Å². The monoisotopic (exact) mass is 380 g/mol. The molecule has 0 radical (unpaired) electrons. The zero-order valence-corrected chi connectivity index (χ0v) is 15.5. The van der Waals surface area contributed by atoms with Crippen LogP contribution in [0, 0.1) is 5.92 Å². The lowest BCUT2D eigenvalue weighted by molar-refractivity contribution is -0.139. The second-order valence-corrected chi connectivity index (χ2v) is 7.05. The largest absolute Gasteiger partial charge is 0.480 e. The summed E-state index contributed by atoms with van der Waals surface area (Å²) in [7, 11) is 0. The van der Waals surface area contributed by atoms with Gasteiger partial charge < -0.3 is 15.7 Å². The molecule has 0 heterocycles. The molecular weight excluding hydrogens is 360 g/mol. The molecule has 0 spiro atoms. The summed E-state index contributed by atoms with van der Waals surface area (Å²) in [5.74, 6) is -1.73. The number of anilines is 1. The molecular formula is C21H20N2O5. The second-order valence-electron chi connectivity index (χ2n) is 7.05. The van der Waals surface area contributed by atoms with Gasteiger partial charge >= 0.3 is 12.0 Å². The van der Waals surface area contributed by atoms with Crippen molar-refractivity contribution in [1.82, 2.24) is 5.32 Å². The van der Waals surface area contributed by atoms with Crippen LogP contribution in [0.2, 0.25) is 0 Å². The Bertz CT molecular complexity index is 981. The summed E-state index contributed by atoms with van der Waals surface area (Å²) < 4.78 is 0. The zero-order valence-electron chi connectivity index (χ0n) is 15.5. The summed E-state index contributed by atoms with van der Waals surface area (Å²) in [4.78, 5) is 49.3. The molecule has 7 heteroatoms.